The fraction of sp³-hybridized carbons (Fsp3) is 0.933. The molecule has 0 aliphatic carbocycles. The van der Waals surface area contributed by atoms with Crippen LogP contribution in [0, 0.1) is 17.8 Å². The van der Waals surface area contributed by atoms with Crippen molar-refractivity contribution >= 4 is 5.91 Å². The standard InChI is InChI=1S/C15H30N2O/c1-7-14-16-13(8-10(2)3)15(18)17(14)9-12(6)11(4)5/h10-14,16H,7-9H2,1-6H3. The molecule has 18 heavy (non-hydrogen) atoms. The first-order valence-electron chi connectivity index (χ1n) is 7.43. The fourth-order valence-electron chi connectivity index (χ4n) is 2.46. The molecular formula is C15H30N2O. The Balaban J connectivity index is 2.67. The second-order valence-electron chi connectivity index (χ2n) is 6.48. The Bertz CT molecular complexity index is 276. The zero-order valence-corrected chi connectivity index (χ0v) is 12.9. The van der Waals surface area contributed by atoms with Crippen LogP contribution in [0.15, 0.2) is 0 Å². The van der Waals surface area contributed by atoms with Crippen LogP contribution in [0.5, 0.6) is 0 Å². The summed E-state index contributed by atoms with van der Waals surface area (Å²) in [5, 5.41) is 3.49. The van der Waals surface area contributed by atoms with Crippen LogP contribution in [-0.2, 0) is 4.79 Å². The van der Waals surface area contributed by atoms with Gasteiger partial charge in [-0.25, -0.2) is 0 Å². The monoisotopic (exact) mass is 254 g/mol. The normalized spacial score (nSPS) is 26.4. The number of rotatable bonds is 6. The summed E-state index contributed by atoms with van der Waals surface area (Å²) in [6.07, 6.45) is 2.18. The molecule has 0 spiro atoms. The number of amides is 1. The molecule has 106 valence electrons. The van der Waals surface area contributed by atoms with Crippen LogP contribution in [-0.4, -0.2) is 29.6 Å². The lowest BCUT2D eigenvalue weighted by molar-refractivity contribution is -0.131. The Morgan fingerprint density at radius 2 is 1.83 bits per heavy atom. The maximum Gasteiger partial charge on any atom is 0.241 e. The van der Waals surface area contributed by atoms with E-state index in [1.165, 1.54) is 0 Å². The van der Waals surface area contributed by atoms with Crippen LogP contribution >= 0.6 is 0 Å². The van der Waals surface area contributed by atoms with E-state index in [4.69, 9.17) is 0 Å². The van der Waals surface area contributed by atoms with E-state index in [2.05, 4.69) is 51.8 Å². The zero-order valence-electron chi connectivity index (χ0n) is 12.9. The smallest absolute Gasteiger partial charge is 0.241 e. The van der Waals surface area contributed by atoms with E-state index in [-0.39, 0.29) is 12.2 Å². The summed E-state index contributed by atoms with van der Waals surface area (Å²) in [7, 11) is 0. The Hall–Kier alpha value is -0.570. The highest BCUT2D eigenvalue weighted by molar-refractivity contribution is 5.84. The predicted octanol–water partition coefficient (Wildman–Crippen LogP) is 2.86. The zero-order chi connectivity index (χ0) is 13.9. The first kappa shape index (κ1) is 15.5. The quantitative estimate of drug-likeness (QED) is 0.790. The molecule has 1 saturated heterocycles. The Morgan fingerprint density at radius 1 is 1.22 bits per heavy atom. The van der Waals surface area contributed by atoms with Crippen molar-refractivity contribution in [3.8, 4) is 0 Å². The molecule has 0 aromatic carbocycles. The lowest BCUT2D eigenvalue weighted by atomic mass is 9.97. The maximum absolute atomic E-state index is 12.4. The summed E-state index contributed by atoms with van der Waals surface area (Å²) in [5.41, 5.74) is 0. The number of hydrogen-bond acceptors (Lipinski definition) is 2. The van der Waals surface area contributed by atoms with Crippen LogP contribution in [0.4, 0.5) is 0 Å². The molecule has 1 N–H and O–H groups in total. The Morgan fingerprint density at radius 3 is 2.28 bits per heavy atom. The van der Waals surface area contributed by atoms with Crippen molar-refractivity contribution < 1.29 is 4.79 Å². The van der Waals surface area contributed by atoms with E-state index >= 15 is 0 Å². The topological polar surface area (TPSA) is 32.3 Å². The fourth-order valence-corrected chi connectivity index (χ4v) is 2.46. The molecule has 0 saturated carbocycles. The largest absolute Gasteiger partial charge is 0.326 e. The molecule has 1 amide bonds. The third-order valence-electron chi connectivity index (χ3n) is 4.07. The van der Waals surface area contributed by atoms with E-state index in [0.717, 1.165) is 19.4 Å². The third-order valence-corrected chi connectivity index (χ3v) is 4.07. The second-order valence-corrected chi connectivity index (χ2v) is 6.48. The molecule has 1 aliphatic rings. The summed E-state index contributed by atoms with van der Waals surface area (Å²) in [6, 6.07) is 0.0364. The van der Waals surface area contributed by atoms with Gasteiger partial charge in [0.25, 0.3) is 0 Å². The van der Waals surface area contributed by atoms with Gasteiger partial charge in [0, 0.05) is 6.54 Å². The average Bonchev–Trinajstić information content (AvgIpc) is 2.56. The van der Waals surface area contributed by atoms with Crippen LogP contribution in [0.3, 0.4) is 0 Å². The minimum Gasteiger partial charge on any atom is -0.326 e. The molecule has 1 rings (SSSR count). The lowest BCUT2D eigenvalue weighted by Crippen LogP contribution is -2.40. The van der Waals surface area contributed by atoms with Gasteiger partial charge in [-0.15, -0.1) is 0 Å². The van der Waals surface area contributed by atoms with Crippen molar-refractivity contribution in [2.45, 2.75) is 66.6 Å². The first-order chi connectivity index (χ1) is 8.36. The average molecular weight is 254 g/mol. The predicted molar refractivity (Wildman–Crippen MR) is 76.2 cm³/mol. The SMILES string of the molecule is CCC1NC(CC(C)C)C(=O)N1CC(C)C(C)C. The summed E-state index contributed by atoms with van der Waals surface area (Å²) in [4.78, 5) is 14.5. The van der Waals surface area contributed by atoms with Gasteiger partial charge in [-0.3, -0.25) is 10.1 Å². The van der Waals surface area contributed by atoms with E-state index in [1.54, 1.807) is 0 Å². The van der Waals surface area contributed by atoms with Gasteiger partial charge >= 0.3 is 0 Å². The van der Waals surface area contributed by atoms with E-state index in [9.17, 15) is 4.79 Å². The number of nitrogens with one attached hydrogen (secondary N) is 1. The highest BCUT2D eigenvalue weighted by Crippen LogP contribution is 2.22. The molecule has 1 heterocycles. The molecule has 0 aromatic rings. The molecule has 0 bridgehead atoms. The van der Waals surface area contributed by atoms with Gasteiger partial charge in [0.1, 0.15) is 0 Å². The first-order valence-corrected chi connectivity index (χ1v) is 7.43. The highest BCUT2D eigenvalue weighted by Gasteiger charge is 2.38. The summed E-state index contributed by atoms with van der Waals surface area (Å²) >= 11 is 0. The summed E-state index contributed by atoms with van der Waals surface area (Å²) in [5.74, 6) is 2.05. The Kier molecular flexibility index (Phi) is 5.64. The minimum absolute atomic E-state index is 0.0364. The van der Waals surface area contributed by atoms with E-state index in [1.807, 2.05) is 0 Å². The van der Waals surface area contributed by atoms with Crippen molar-refractivity contribution in [2.75, 3.05) is 6.54 Å². The molecular weight excluding hydrogens is 224 g/mol. The molecule has 3 atom stereocenters. The van der Waals surface area contributed by atoms with Gasteiger partial charge in [-0.2, -0.15) is 0 Å². The molecule has 3 heteroatoms. The van der Waals surface area contributed by atoms with Gasteiger partial charge in [-0.05, 0) is 30.6 Å². The number of carbonyl (C=O) groups is 1. The van der Waals surface area contributed by atoms with E-state index in [0.29, 0.717) is 23.7 Å². The van der Waals surface area contributed by atoms with Crippen molar-refractivity contribution in [1.29, 1.82) is 0 Å². The number of carbonyl (C=O) groups excluding carboxylic acids is 1. The third kappa shape index (κ3) is 3.71. The number of nitrogens with zero attached hydrogens (tertiary/aromatic N) is 1. The molecule has 1 aliphatic heterocycles. The molecule has 0 aromatic heterocycles. The minimum atomic E-state index is 0.0364. The molecule has 3 nitrogen and oxygen atoms in total. The summed E-state index contributed by atoms with van der Waals surface area (Å²) < 4.78 is 0. The molecule has 3 unspecified atom stereocenters. The second kappa shape index (κ2) is 6.55. The van der Waals surface area contributed by atoms with Gasteiger partial charge in [0.2, 0.25) is 5.91 Å². The van der Waals surface area contributed by atoms with Crippen LogP contribution in [0.1, 0.15) is 54.4 Å². The Labute approximate surface area is 112 Å². The lowest BCUT2D eigenvalue weighted by Gasteiger charge is -2.28. The van der Waals surface area contributed by atoms with Crippen LogP contribution < -0.4 is 5.32 Å². The van der Waals surface area contributed by atoms with E-state index < -0.39 is 0 Å². The van der Waals surface area contributed by atoms with Crippen molar-refractivity contribution in [1.82, 2.24) is 10.2 Å². The highest BCUT2D eigenvalue weighted by atomic mass is 16.2. The van der Waals surface area contributed by atoms with Crippen LogP contribution in [0.25, 0.3) is 0 Å². The molecule has 1 fully saturated rings. The van der Waals surface area contributed by atoms with Crippen molar-refractivity contribution in [2.24, 2.45) is 17.8 Å². The summed E-state index contributed by atoms with van der Waals surface area (Å²) in [6.45, 7) is 14.1. The van der Waals surface area contributed by atoms with Gasteiger partial charge < -0.3 is 4.90 Å². The number of hydrogen-bond donors (Lipinski definition) is 1. The van der Waals surface area contributed by atoms with Gasteiger partial charge in [-0.1, -0.05) is 41.5 Å². The van der Waals surface area contributed by atoms with Gasteiger partial charge in [0.05, 0.1) is 12.2 Å². The van der Waals surface area contributed by atoms with Gasteiger partial charge in [0.15, 0.2) is 0 Å². The van der Waals surface area contributed by atoms with Crippen LogP contribution in [0.2, 0.25) is 0 Å². The van der Waals surface area contributed by atoms with Crippen molar-refractivity contribution in [3.63, 3.8) is 0 Å². The van der Waals surface area contributed by atoms with Crippen molar-refractivity contribution in [3.05, 3.63) is 0 Å². The maximum atomic E-state index is 12.4. The molecule has 0 radical (unpaired) electrons.